The Morgan fingerprint density at radius 2 is 1.77 bits per heavy atom. The summed E-state index contributed by atoms with van der Waals surface area (Å²) < 4.78 is 38.4. The molecular weight excluding hydrogens is 433 g/mol. The molecule has 0 radical (unpaired) electrons. The number of anilines is 3. The number of pyridine rings is 1. The molecule has 0 saturated carbocycles. The van der Waals surface area contributed by atoms with Crippen molar-refractivity contribution >= 4 is 40.8 Å². The fourth-order valence-corrected chi connectivity index (χ4v) is 3.46. The first-order chi connectivity index (χ1) is 14.4. The number of aromatic amines is 1. The van der Waals surface area contributed by atoms with Crippen LogP contribution in [0.25, 0.3) is 10.9 Å². The van der Waals surface area contributed by atoms with Crippen LogP contribution in [0.4, 0.5) is 30.6 Å². The van der Waals surface area contributed by atoms with Gasteiger partial charge in [0.25, 0.3) is 5.56 Å². The Bertz CT molecular complexity index is 1080. The van der Waals surface area contributed by atoms with Gasteiger partial charge in [-0.3, -0.25) is 4.79 Å². The van der Waals surface area contributed by atoms with Crippen LogP contribution >= 0.6 is 12.4 Å². The Kier molecular flexibility index (Phi) is 7.01. The molecule has 4 rings (SSSR count). The quantitative estimate of drug-likeness (QED) is 0.467. The van der Waals surface area contributed by atoms with Crippen molar-refractivity contribution in [2.75, 3.05) is 30.3 Å². The maximum atomic E-state index is 12.8. The van der Waals surface area contributed by atoms with Crippen LogP contribution in [-0.4, -0.2) is 34.6 Å². The topological polar surface area (TPSA) is 94.7 Å². The maximum Gasteiger partial charge on any atom is 0.416 e. The Balaban J connectivity index is 0.00000272. The summed E-state index contributed by atoms with van der Waals surface area (Å²) in [6, 6.07) is 6.22. The van der Waals surface area contributed by atoms with Crippen molar-refractivity contribution in [2.45, 2.75) is 19.0 Å². The largest absolute Gasteiger partial charge is 0.416 e. The first kappa shape index (κ1) is 22.8. The second-order valence-electron chi connectivity index (χ2n) is 7.24. The molecule has 1 fully saturated rings. The van der Waals surface area contributed by atoms with Gasteiger partial charge in [-0.2, -0.15) is 18.2 Å². The lowest BCUT2D eigenvalue weighted by Crippen LogP contribution is -2.31. The lowest BCUT2D eigenvalue weighted by molar-refractivity contribution is -0.137. The van der Waals surface area contributed by atoms with Crippen molar-refractivity contribution in [3.8, 4) is 0 Å². The summed E-state index contributed by atoms with van der Waals surface area (Å²) in [6.07, 6.45) is -0.813. The van der Waals surface area contributed by atoms with Crippen LogP contribution in [0.2, 0.25) is 0 Å². The van der Waals surface area contributed by atoms with Crippen LogP contribution < -0.4 is 21.5 Å². The van der Waals surface area contributed by atoms with Gasteiger partial charge in [0.15, 0.2) is 0 Å². The Morgan fingerprint density at radius 1 is 1.06 bits per heavy atom. The fraction of sp³-hybridized carbons (Fsp3) is 0.350. The van der Waals surface area contributed by atoms with Gasteiger partial charge < -0.3 is 20.9 Å². The van der Waals surface area contributed by atoms with E-state index in [1.54, 1.807) is 6.07 Å². The minimum absolute atomic E-state index is 0. The summed E-state index contributed by atoms with van der Waals surface area (Å²) >= 11 is 0. The van der Waals surface area contributed by atoms with Crippen LogP contribution in [0.3, 0.4) is 0 Å². The van der Waals surface area contributed by atoms with E-state index in [1.165, 1.54) is 18.3 Å². The third kappa shape index (κ3) is 5.45. The van der Waals surface area contributed by atoms with E-state index < -0.39 is 11.7 Å². The minimum atomic E-state index is -4.41. The molecule has 0 atom stereocenters. The number of H-pyrrole nitrogens is 1. The Morgan fingerprint density at radius 3 is 2.45 bits per heavy atom. The average Bonchev–Trinajstić information content (AvgIpc) is 2.73. The summed E-state index contributed by atoms with van der Waals surface area (Å²) in [7, 11) is 0. The van der Waals surface area contributed by atoms with E-state index in [2.05, 4.69) is 30.9 Å². The Hall–Kier alpha value is -2.85. The number of fused-ring (bicyclic) bond motifs is 1. The van der Waals surface area contributed by atoms with Gasteiger partial charge in [0.1, 0.15) is 11.2 Å². The van der Waals surface area contributed by atoms with E-state index in [0.29, 0.717) is 29.6 Å². The maximum absolute atomic E-state index is 12.8. The highest BCUT2D eigenvalue weighted by Crippen LogP contribution is 2.31. The summed E-state index contributed by atoms with van der Waals surface area (Å²) in [6.45, 7) is 2.65. The molecule has 0 bridgehead atoms. The zero-order valence-electron chi connectivity index (χ0n) is 16.4. The molecular formula is C20H22ClF3N6O. The third-order valence-corrected chi connectivity index (χ3v) is 5.10. The molecule has 2 aromatic heterocycles. The monoisotopic (exact) mass is 454 g/mol. The number of hydrogen-bond acceptors (Lipinski definition) is 6. The number of nitrogens with zero attached hydrogens (tertiary/aromatic N) is 2. The van der Waals surface area contributed by atoms with Gasteiger partial charge in [0, 0.05) is 18.4 Å². The molecule has 0 aliphatic carbocycles. The number of hydrogen-bond donors (Lipinski definition) is 4. The first-order valence-corrected chi connectivity index (χ1v) is 9.68. The fourth-order valence-electron chi connectivity index (χ4n) is 3.46. The van der Waals surface area contributed by atoms with E-state index in [4.69, 9.17) is 0 Å². The van der Waals surface area contributed by atoms with Gasteiger partial charge in [-0.05, 0) is 62.2 Å². The van der Waals surface area contributed by atoms with Crippen molar-refractivity contribution < 1.29 is 13.2 Å². The zero-order chi connectivity index (χ0) is 21.1. The molecule has 3 heterocycles. The van der Waals surface area contributed by atoms with Crippen LogP contribution in [0.1, 0.15) is 18.4 Å². The Labute approximate surface area is 182 Å². The molecule has 1 saturated heterocycles. The molecule has 1 aromatic carbocycles. The molecule has 4 N–H and O–H groups in total. The molecule has 7 nitrogen and oxygen atoms in total. The second kappa shape index (κ2) is 9.52. The van der Waals surface area contributed by atoms with Gasteiger partial charge in [-0.25, -0.2) is 4.98 Å². The summed E-state index contributed by atoms with van der Waals surface area (Å²) in [5.74, 6) is 1.09. The molecule has 1 aliphatic rings. The van der Waals surface area contributed by atoms with Crippen molar-refractivity contribution in [3.63, 3.8) is 0 Å². The number of aromatic nitrogens is 3. The predicted octanol–water partition coefficient (Wildman–Crippen LogP) is 3.91. The zero-order valence-corrected chi connectivity index (χ0v) is 17.2. The SMILES string of the molecule is Cl.O=c1[nH]ccc2nc(NCC3CCNCC3)nc(Nc3ccc(C(F)(F)F)cc3)c12. The smallest absolute Gasteiger partial charge is 0.354 e. The van der Waals surface area contributed by atoms with E-state index in [-0.39, 0.29) is 29.2 Å². The van der Waals surface area contributed by atoms with Gasteiger partial charge in [0.05, 0.1) is 11.1 Å². The number of piperidine rings is 1. The standard InChI is InChI=1S/C20H21F3N6O.ClH/c21-20(22,23)13-1-3-14(4-2-13)27-17-16-15(7-10-25-18(16)30)28-19(29-17)26-11-12-5-8-24-9-6-12;/h1-4,7,10,12,24H,5-6,8-9,11H2,(H,25,30)(H2,26,27,28,29);1H. The lowest BCUT2D eigenvalue weighted by atomic mass is 9.98. The van der Waals surface area contributed by atoms with E-state index in [9.17, 15) is 18.0 Å². The molecule has 166 valence electrons. The van der Waals surface area contributed by atoms with Gasteiger partial charge in [0.2, 0.25) is 5.95 Å². The average molecular weight is 455 g/mol. The summed E-state index contributed by atoms with van der Waals surface area (Å²) in [4.78, 5) is 23.8. The highest BCUT2D eigenvalue weighted by Gasteiger charge is 2.30. The highest BCUT2D eigenvalue weighted by molar-refractivity contribution is 5.90. The van der Waals surface area contributed by atoms with Crippen LogP contribution in [0.5, 0.6) is 0 Å². The number of benzene rings is 1. The van der Waals surface area contributed by atoms with E-state index in [0.717, 1.165) is 38.1 Å². The number of alkyl halides is 3. The minimum Gasteiger partial charge on any atom is -0.354 e. The van der Waals surface area contributed by atoms with Crippen molar-refractivity contribution in [1.29, 1.82) is 0 Å². The summed E-state index contributed by atoms with van der Waals surface area (Å²) in [5, 5.41) is 9.74. The molecule has 0 unspecified atom stereocenters. The normalized spacial score (nSPS) is 14.8. The molecule has 0 amide bonds. The molecule has 11 heteroatoms. The number of rotatable bonds is 5. The van der Waals surface area contributed by atoms with E-state index >= 15 is 0 Å². The first-order valence-electron chi connectivity index (χ1n) is 9.68. The van der Waals surface area contributed by atoms with Crippen molar-refractivity contribution in [1.82, 2.24) is 20.3 Å². The third-order valence-electron chi connectivity index (χ3n) is 5.10. The molecule has 1 aliphatic heterocycles. The van der Waals surface area contributed by atoms with Crippen LogP contribution in [0, 0.1) is 5.92 Å². The van der Waals surface area contributed by atoms with Gasteiger partial charge >= 0.3 is 6.18 Å². The molecule has 31 heavy (non-hydrogen) atoms. The van der Waals surface area contributed by atoms with Crippen LogP contribution in [-0.2, 0) is 6.18 Å². The van der Waals surface area contributed by atoms with Crippen molar-refractivity contribution in [3.05, 3.63) is 52.4 Å². The van der Waals surface area contributed by atoms with E-state index in [1.807, 2.05) is 0 Å². The predicted molar refractivity (Wildman–Crippen MR) is 116 cm³/mol. The summed E-state index contributed by atoms with van der Waals surface area (Å²) in [5.41, 5.74) is -0.305. The second-order valence-corrected chi connectivity index (χ2v) is 7.24. The van der Waals surface area contributed by atoms with Crippen molar-refractivity contribution in [2.24, 2.45) is 5.92 Å². The molecule has 0 spiro atoms. The highest BCUT2D eigenvalue weighted by atomic mass is 35.5. The van der Waals surface area contributed by atoms with Gasteiger partial charge in [-0.15, -0.1) is 12.4 Å². The van der Waals surface area contributed by atoms with Gasteiger partial charge in [-0.1, -0.05) is 0 Å². The number of nitrogens with one attached hydrogen (secondary N) is 4. The lowest BCUT2D eigenvalue weighted by Gasteiger charge is -2.22. The molecule has 3 aromatic rings. The number of halogens is 4. The van der Waals surface area contributed by atoms with Crippen LogP contribution in [0.15, 0.2) is 41.3 Å².